The first kappa shape index (κ1) is 36.2. The molecule has 0 bridgehead atoms. The van der Waals surface area contributed by atoms with Crippen molar-refractivity contribution < 1.29 is 4.42 Å². The van der Waals surface area contributed by atoms with Crippen molar-refractivity contribution in [1.82, 2.24) is 28.7 Å². The smallest absolute Gasteiger partial charge is 0.238 e. The van der Waals surface area contributed by atoms with Crippen LogP contribution in [0, 0.1) is 11.3 Å². The Morgan fingerprint density at radius 3 is 1.44 bits per heavy atom. The second-order valence-corrected chi connectivity index (χ2v) is 16.7. The van der Waals surface area contributed by atoms with Gasteiger partial charge in [0.05, 0.1) is 55.1 Å². The minimum atomic E-state index is 0.463. The lowest BCUT2D eigenvalue weighted by atomic mass is 10.0. The van der Waals surface area contributed by atoms with Crippen LogP contribution in [0.15, 0.2) is 205 Å². The van der Waals surface area contributed by atoms with Gasteiger partial charge in [-0.15, -0.1) is 0 Å². The predicted octanol–water partition coefficient (Wildman–Crippen LogP) is 14.3. The van der Waals surface area contributed by atoms with Gasteiger partial charge in [-0.3, -0.25) is 4.57 Å². The molecular weight excluding hydrogens is 811 g/mol. The van der Waals surface area contributed by atoms with Crippen molar-refractivity contribution in [2.24, 2.45) is 0 Å². The van der Waals surface area contributed by atoms with Crippen molar-refractivity contribution in [2.45, 2.75) is 0 Å². The molecule has 0 aliphatic rings. The first-order valence-electron chi connectivity index (χ1n) is 21.9. The lowest BCUT2D eigenvalue weighted by Gasteiger charge is -2.14. The highest BCUT2D eigenvalue weighted by molar-refractivity contribution is 6.31. The van der Waals surface area contributed by atoms with Crippen LogP contribution in [0.3, 0.4) is 0 Å². The fourth-order valence-electron chi connectivity index (χ4n) is 10.4. The highest BCUT2D eigenvalue weighted by Gasteiger charge is 2.25. The average Bonchev–Trinajstić information content (AvgIpc) is 4.13. The molecule has 9 aromatic carbocycles. The highest BCUT2D eigenvalue weighted by atomic mass is 16.3. The van der Waals surface area contributed by atoms with Crippen LogP contribution in [0.2, 0.25) is 0 Å². The van der Waals surface area contributed by atoms with Gasteiger partial charge >= 0.3 is 0 Å². The van der Waals surface area contributed by atoms with Crippen molar-refractivity contribution in [2.75, 3.05) is 0 Å². The van der Waals surface area contributed by atoms with Crippen molar-refractivity contribution in [3.05, 3.63) is 206 Å². The molecule has 0 amide bonds. The van der Waals surface area contributed by atoms with Crippen LogP contribution in [-0.4, -0.2) is 28.7 Å². The number of para-hydroxylation sites is 5. The number of furan rings is 1. The zero-order valence-corrected chi connectivity index (χ0v) is 35.1. The maximum Gasteiger partial charge on any atom is 0.238 e. The van der Waals surface area contributed by atoms with Crippen LogP contribution in [-0.2, 0) is 0 Å². The molecule has 8 heteroatoms. The van der Waals surface area contributed by atoms with Crippen LogP contribution in [0.5, 0.6) is 0 Å². The molecule has 5 aromatic heterocycles. The standard InChI is InChI=1S/C58H33N7O/c59-34-37-33-36(57-60-56(35-15-3-1-4-16-35)61-58(62-57)65-48-25-13-7-19-39(48)40-20-8-14-26-49(40)65)27-30-45(37)64-47-24-12-10-22-42(47)44-29-32-51-53(55(44)64)52-50(66-51)31-28-43-41-21-9-11-23-46(41)63(54(43)52)38-17-5-2-6-18-38/h1-33H. The molecule has 14 rings (SSSR count). The monoisotopic (exact) mass is 843 g/mol. The molecule has 5 heterocycles. The summed E-state index contributed by atoms with van der Waals surface area (Å²) >= 11 is 0. The number of fused-ring (bicyclic) bond motifs is 14. The Balaban J connectivity index is 1.04. The fourth-order valence-corrected chi connectivity index (χ4v) is 10.4. The van der Waals surface area contributed by atoms with E-state index >= 15 is 0 Å². The van der Waals surface area contributed by atoms with E-state index in [1.165, 1.54) is 0 Å². The average molecular weight is 844 g/mol. The zero-order valence-electron chi connectivity index (χ0n) is 35.1. The SMILES string of the molecule is N#Cc1cc(-c2nc(-c3ccccc3)nc(-n3c4ccccc4c4ccccc43)n2)ccc1-n1c2ccccc2c2ccc3oc4ccc5c6ccccc6n(-c6ccccc6)c5c4c3c21. The summed E-state index contributed by atoms with van der Waals surface area (Å²) in [5, 5.41) is 19.9. The Labute approximate surface area is 376 Å². The molecule has 0 saturated carbocycles. The fraction of sp³-hybridized carbons (Fsp3) is 0. The zero-order chi connectivity index (χ0) is 43.5. The Hall–Kier alpha value is -9.32. The first-order valence-corrected chi connectivity index (χ1v) is 21.9. The normalized spacial score (nSPS) is 11.9. The molecule has 0 aliphatic heterocycles. The molecule has 0 unspecified atom stereocenters. The largest absolute Gasteiger partial charge is 0.456 e. The second kappa shape index (κ2) is 13.8. The summed E-state index contributed by atoms with van der Waals surface area (Å²) < 4.78 is 13.5. The van der Waals surface area contributed by atoms with Gasteiger partial charge in [0.25, 0.3) is 0 Å². The Bertz CT molecular complexity index is 4310. The molecular formula is C58H33N7O. The molecule has 0 aliphatic carbocycles. The van der Waals surface area contributed by atoms with Crippen molar-refractivity contribution >= 4 is 87.4 Å². The summed E-state index contributed by atoms with van der Waals surface area (Å²) in [4.78, 5) is 15.4. The van der Waals surface area contributed by atoms with Crippen LogP contribution in [0.4, 0.5) is 0 Å². The quantitative estimate of drug-likeness (QED) is 0.172. The molecule has 0 saturated heterocycles. The number of hydrogen-bond acceptors (Lipinski definition) is 5. The topological polar surface area (TPSA) is 90.4 Å². The summed E-state index contributed by atoms with van der Waals surface area (Å²) in [5.74, 6) is 1.50. The van der Waals surface area contributed by atoms with Gasteiger partial charge in [0.2, 0.25) is 5.95 Å². The van der Waals surface area contributed by atoms with Crippen LogP contribution in [0.1, 0.15) is 5.56 Å². The molecule has 0 radical (unpaired) electrons. The maximum atomic E-state index is 11.2. The summed E-state index contributed by atoms with van der Waals surface area (Å²) in [6, 6.07) is 71.2. The molecule has 8 nitrogen and oxygen atoms in total. The Morgan fingerprint density at radius 2 is 0.864 bits per heavy atom. The minimum absolute atomic E-state index is 0.463. The third-order valence-electron chi connectivity index (χ3n) is 13.1. The summed E-state index contributed by atoms with van der Waals surface area (Å²) in [5.41, 5.74) is 11.5. The number of hydrogen-bond donors (Lipinski definition) is 0. The number of aromatic nitrogens is 6. The summed E-state index contributed by atoms with van der Waals surface area (Å²) in [6.45, 7) is 0. The van der Waals surface area contributed by atoms with Gasteiger partial charge in [-0.25, -0.2) is 4.98 Å². The van der Waals surface area contributed by atoms with Crippen molar-refractivity contribution in [1.29, 1.82) is 5.26 Å². The maximum absolute atomic E-state index is 11.2. The Kier molecular flexibility index (Phi) is 7.59. The lowest BCUT2D eigenvalue weighted by Crippen LogP contribution is -2.06. The molecule has 306 valence electrons. The van der Waals surface area contributed by atoms with Gasteiger partial charge in [0.1, 0.15) is 17.2 Å². The van der Waals surface area contributed by atoms with Gasteiger partial charge in [-0.05, 0) is 78.9 Å². The van der Waals surface area contributed by atoms with E-state index in [0.717, 1.165) is 104 Å². The van der Waals surface area contributed by atoms with Gasteiger partial charge in [0.15, 0.2) is 11.6 Å². The summed E-state index contributed by atoms with van der Waals surface area (Å²) in [6.07, 6.45) is 0. The minimum Gasteiger partial charge on any atom is -0.456 e. The van der Waals surface area contributed by atoms with Crippen LogP contribution < -0.4 is 0 Å². The van der Waals surface area contributed by atoms with Crippen LogP contribution in [0.25, 0.3) is 127 Å². The molecule has 0 spiro atoms. The molecule has 66 heavy (non-hydrogen) atoms. The van der Waals surface area contributed by atoms with E-state index < -0.39 is 0 Å². The van der Waals surface area contributed by atoms with Gasteiger partial charge in [0, 0.05) is 49.1 Å². The third kappa shape index (κ3) is 5.11. The summed E-state index contributed by atoms with van der Waals surface area (Å²) in [7, 11) is 0. The van der Waals surface area contributed by atoms with Crippen molar-refractivity contribution in [3.8, 4) is 46.2 Å². The van der Waals surface area contributed by atoms with Gasteiger partial charge < -0.3 is 13.6 Å². The second-order valence-electron chi connectivity index (χ2n) is 16.7. The predicted molar refractivity (Wildman–Crippen MR) is 266 cm³/mol. The molecule has 0 atom stereocenters. The van der Waals surface area contributed by atoms with E-state index in [2.05, 4.69) is 153 Å². The molecule has 0 fully saturated rings. The highest BCUT2D eigenvalue weighted by Crippen LogP contribution is 2.46. The first-order chi connectivity index (χ1) is 32.7. The number of nitrogens with zero attached hydrogens (tertiary/aromatic N) is 7. The van der Waals surface area contributed by atoms with E-state index in [0.29, 0.717) is 28.7 Å². The number of rotatable bonds is 5. The van der Waals surface area contributed by atoms with E-state index in [-0.39, 0.29) is 0 Å². The molecule has 14 aromatic rings. The van der Waals surface area contributed by atoms with Gasteiger partial charge in [-0.1, -0.05) is 121 Å². The van der Waals surface area contributed by atoms with Gasteiger partial charge in [-0.2, -0.15) is 15.2 Å². The van der Waals surface area contributed by atoms with E-state index in [1.54, 1.807) is 0 Å². The molecule has 0 N–H and O–H groups in total. The van der Waals surface area contributed by atoms with E-state index in [4.69, 9.17) is 19.4 Å². The lowest BCUT2D eigenvalue weighted by molar-refractivity contribution is 0.669. The van der Waals surface area contributed by atoms with E-state index in [9.17, 15) is 5.26 Å². The third-order valence-corrected chi connectivity index (χ3v) is 13.1. The number of benzene rings is 9. The van der Waals surface area contributed by atoms with E-state index in [1.807, 2.05) is 66.7 Å². The van der Waals surface area contributed by atoms with Crippen molar-refractivity contribution in [3.63, 3.8) is 0 Å². The number of nitriles is 1. The van der Waals surface area contributed by atoms with Crippen LogP contribution >= 0.6 is 0 Å². The Morgan fingerprint density at radius 1 is 0.394 bits per heavy atom.